The van der Waals surface area contributed by atoms with Crippen molar-refractivity contribution in [1.29, 1.82) is 0 Å². The van der Waals surface area contributed by atoms with Crippen LogP contribution < -0.4 is 0 Å². The summed E-state index contributed by atoms with van der Waals surface area (Å²) in [4.78, 5) is 10.9. The lowest BCUT2D eigenvalue weighted by Crippen LogP contribution is -2.18. The van der Waals surface area contributed by atoms with Crippen molar-refractivity contribution < 1.29 is 9.90 Å². The number of rotatable bonds is 3. The van der Waals surface area contributed by atoms with Gasteiger partial charge in [0.05, 0.1) is 0 Å². The molecule has 5 heteroatoms. The minimum absolute atomic E-state index is 0.296. The van der Waals surface area contributed by atoms with E-state index in [4.69, 9.17) is 17.3 Å². The largest absolute Gasteiger partial charge is 0.480 e. The van der Waals surface area contributed by atoms with Crippen molar-refractivity contribution in [3.8, 4) is 0 Å². The number of hydrogen-bond donors (Lipinski definition) is 1. The van der Waals surface area contributed by atoms with E-state index in [2.05, 4.69) is 0 Å². The number of aromatic nitrogens is 1. The number of carboxylic acids is 1. The van der Waals surface area contributed by atoms with E-state index < -0.39 is 12.0 Å². The second kappa shape index (κ2) is 4.23. The zero-order valence-corrected chi connectivity index (χ0v) is 9.98. The lowest BCUT2D eigenvalue weighted by molar-refractivity contribution is -0.140. The summed E-state index contributed by atoms with van der Waals surface area (Å²) < 4.78 is 2.34. The van der Waals surface area contributed by atoms with Crippen LogP contribution in [-0.2, 0) is 4.79 Å². The third kappa shape index (κ3) is 2.04. The van der Waals surface area contributed by atoms with E-state index in [1.54, 1.807) is 11.5 Å². The minimum atomic E-state index is -0.846. The van der Waals surface area contributed by atoms with Crippen LogP contribution in [0.3, 0.4) is 0 Å². The van der Waals surface area contributed by atoms with Crippen molar-refractivity contribution >= 4 is 29.5 Å². The standard InChI is InChI=1S/C9H13NO2S2/c1-5(2)7-4-14-9(13)10(7)6(3)8(11)12/h4-6H,1-3H3,(H,11,12)/t6-/m1/s1. The Labute approximate surface area is 92.0 Å². The van der Waals surface area contributed by atoms with Gasteiger partial charge in [-0.25, -0.2) is 4.79 Å². The number of carboxylic acid groups (broad SMARTS) is 1. The first-order valence-corrected chi connectivity index (χ1v) is 5.66. The van der Waals surface area contributed by atoms with Crippen LogP contribution in [0.2, 0.25) is 0 Å². The van der Waals surface area contributed by atoms with Crippen LogP contribution in [-0.4, -0.2) is 15.6 Å². The molecule has 0 bridgehead atoms. The fourth-order valence-corrected chi connectivity index (χ4v) is 2.63. The predicted octanol–water partition coefficient (Wildman–Crippen LogP) is 3.05. The molecule has 1 aromatic rings. The molecule has 0 radical (unpaired) electrons. The van der Waals surface area contributed by atoms with Crippen molar-refractivity contribution in [3.63, 3.8) is 0 Å². The molecule has 3 nitrogen and oxygen atoms in total. The number of nitrogens with zero attached hydrogens (tertiary/aromatic N) is 1. The van der Waals surface area contributed by atoms with Crippen LogP contribution in [0.5, 0.6) is 0 Å². The van der Waals surface area contributed by atoms with Crippen LogP contribution in [0.25, 0.3) is 0 Å². The van der Waals surface area contributed by atoms with Crippen LogP contribution in [0.15, 0.2) is 5.38 Å². The number of thiazole rings is 1. The summed E-state index contributed by atoms with van der Waals surface area (Å²) in [6.45, 7) is 5.71. The van der Waals surface area contributed by atoms with E-state index in [1.807, 2.05) is 19.2 Å². The molecule has 0 saturated carbocycles. The topological polar surface area (TPSA) is 42.2 Å². The van der Waals surface area contributed by atoms with Gasteiger partial charge in [0.1, 0.15) is 6.04 Å². The highest BCUT2D eigenvalue weighted by Gasteiger charge is 2.18. The molecular weight excluding hydrogens is 218 g/mol. The Hall–Kier alpha value is -0.680. The van der Waals surface area contributed by atoms with E-state index in [9.17, 15) is 4.79 Å². The molecular formula is C9H13NO2S2. The Morgan fingerprint density at radius 3 is 2.57 bits per heavy atom. The molecule has 78 valence electrons. The van der Waals surface area contributed by atoms with Crippen LogP contribution in [0.1, 0.15) is 38.4 Å². The molecule has 1 N–H and O–H groups in total. The maximum Gasteiger partial charge on any atom is 0.326 e. The first-order valence-electron chi connectivity index (χ1n) is 4.38. The average Bonchev–Trinajstić information content (AvgIpc) is 2.45. The molecule has 0 aliphatic rings. The molecule has 0 amide bonds. The summed E-state index contributed by atoms with van der Waals surface area (Å²) in [7, 11) is 0. The predicted molar refractivity (Wildman–Crippen MR) is 59.6 cm³/mol. The summed E-state index contributed by atoms with van der Waals surface area (Å²) >= 11 is 6.53. The summed E-state index contributed by atoms with van der Waals surface area (Å²) in [5.74, 6) is -0.550. The molecule has 0 saturated heterocycles. The lowest BCUT2D eigenvalue weighted by atomic mass is 10.1. The molecule has 14 heavy (non-hydrogen) atoms. The molecule has 1 atom stereocenters. The normalized spacial score (nSPS) is 13.1. The highest BCUT2D eigenvalue weighted by molar-refractivity contribution is 7.73. The fraction of sp³-hybridized carbons (Fsp3) is 0.556. The second-order valence-electron chi connectivity index (χ2n) is 3.47. The summed E-state index contributed by atoms with van der Waals surface area (Å²) in [6, 6.07) is -0.578. The summed E-state index contributed by atoms with van der Waals surface area (Å²) in [5, 5.41) is 10.9. The number of hydrogen-bond acceptors (Lipinski definition) is 3. The maximum atomic E-state index is 10.9. The smallest absolute Gasteiger partial charge is 0.326 e. The highest BCUT2D eigenvalue weighted by Crippen LogP contribution is 2.24. The Morgan fingerprint density at radius 1 is 1.57 bits per heavy atom. The molecule has 0 spiro atoms. The van der Waals surface area contributed by atoms with Gasteiger partial charge < -0.3 is 9.67 Å². The van der Waals surface area contributed by atoms with Crippen LogP contribution >= 0.6 is 23.6 Å². The third-order valence-corrected chi connectivity index (χ3v) is 3.33. The molecule has 0 unspecified atom stereocenters. The Bertz CT molecular complexity index is 392. The van der Waals surface area contributed by atoms with Crippen molar-refractivity contribution in [1.82, 2.24) is 4.57 Å². The number of aliphatic carboxylic acids is 1. The van der Waals surface area contributed by atoms with Gasteiger partial charge in [0.2, 0.25) is 0 Å². The lowest BCUT2D eigenvalue weighted by Gasteiger charge is -2.14. The molecule has 1 heterocycles. The Kier molecular flexibility index (Phi) is 3.44. The van der Waals surface area contributed by atoms with E-state index in [1.165, 1.54) is 11.3 Å². The molecule has 1 aromatic heterocycles. The van der Waals surface area contributed by atoms with Crippen LogP contribution in [0, 0.1) is 3.95 Å². The van der Waals surface area contributed by atoms with Gasteiger partial charge in [-0.15, -0.1) is 11.3 Å². The van der Waals surface area contributed by atoms with Crippen molar-refractivity contribution in [2.24, 2.45) is 0 Å². The zero-order valence-electron chi connectivity index (χ0n) is 8.35. The molecule has 0 fully saturated rings. The second-order valence-corrected chi connectivity index (χ2v) is 4.97. The first-order chi connectivity index (χ1) is 6.45. The Morgan fingerprint density at radius 2 is 2.14 bits per heavy atom. The van der Waals surface area contributed by atoms with E-state index in [-0.39, 0.29) is 0 Å². The molecule has 0 aromatic carbocycles. The van der Waals surface area contributed by atoms with Gasteiger partial charge >= 0.3 is 5.97 Å². The summed E-state index contributed by atoms with van der Waals surface area (Å²) in [5.41, 5.74) is 0.995. The van der Waals surface area contributed by atoms with E-state index in [0.29, 0.717) is 9.87 Å². The first kappa shape index (κ1) is 11.4. The van der Waals surface area contributed by atoms with Gasteiger partial charge in [0, 0.05) is 11.1 Å². The van der Waals surface area contributed by atoms with Gasteiger partial charge in [-0.3, -0.25) is 0 Å². The SMILES string of the molecule is CC(C)c1csc(=S)n1[C@H](C)C(=O)O. The van der Waals surface area contributed by atoms with Crippen LogP contribution in [0.4, 0.5) is 0 Å². The van der Waals surface area contributed by atoms with Gasteiger partial charge in [-0.05, 0) is 25.1 Å². The quantitative estimate of drug-likeness (QED) is 0.813. The van der Waals surface area contributed by atoms with Crippen molar-refractivity contribution in [2.75, 3.05) is 0 Å². The molecule has 0 aliphatic carbocycles. The average molecular weight is 231 g/mol. The van der Waals surface area contributed by atoms with E-state index in [0.717, 1.165) is 5.69 Å². The maximum absolute atomic E-state index is 10.9. The highest BCUT2D eigenvalue weighted by atomic mass is 32.1. The van der Waals surface area contributed by atoms with Crippen molar-refractivity contribution in [2.45, 2.75) is 32.7 Å². The monoisotopic (exact) mass is 231 g/mol. The third-order valence-electron chi connectivity index (χ3n) is 2.09. The summed E-state index contributed by atoms with van der Waals surface area (Å²) in [6.07, 6.45) is 0. The van der Waals surface area contributed by atoms with Gasteiger partial charge in [0.15, 0.2) is 3.95 Å². The van der Waals surface area contributed by atoms with E-state index >= 15 is 0 Å². The van der Waals surface area contributed by atoms with Gasteiger partial charge in [-0.2, -0.15) is 0 Å². The minimum Gasteiger partial charge on any atom is -0.480 e. The zero-order chi connectivity index (χ0) is 10.9. The number of carbonyl (C=O) groups is 1. The Balaban J connectivity index is 3.24. The van der Waals surface area contributed by atoms with Gasteiger partial charge in [0.25, 0.3) is 0 Å². The van der Waals surface area contributed by atoms with Crippen molar-refractivity contribution in [3.05, 3.63) is 15.0 Å². The van der Waals surface area contributed by atoms with Gasteiger partial charge in [-0.1, -0.05) is 13.8 Å². The fourth-order valence-electron chi connectivity index (χ4n) is 1.24. The molecule has 0 aliphatic heterocycles. The molecule has 1 rings (SSSR count).